The van der Waals surface area contributed by atoms with Crippen LogP contribution in [0.5, 0.6) is 0 Å². The van der Waals surface area contributed by atoms with Crippen molar-refractivity contribution in [3.05, 3.63) is 172 Å². The summed E-state index contributed by atoms with van der Waals surface area (Å²) in [6.45, 7) is 13.9. The molecule has 0 N–H and O–H groups in total. The summed E-state index contributed by atoms with van der Waals surface area (Å²) in [7, 11) is 0. The minimum absolute atomic E-state index is 0.0437. The van der Waals surface area contributed by atoms with Gasteiger partial charge in [-0.25, -0.2) is 0 Å². The average molecular weight is 558 g/mol. The Labute approximate surface area is 256 Å². The van der Waals surface area contributed by atoms with Crippen LogP contribution in [0, 0.1) is 13.8 Å². The topological polar surface area (TPSA) is 3.24 Å². The van der Waals surface area contributed by atoms with Gasteiger partial charge in [0.1, 0.15) is 0 Å². The van der Waals surface area contributed by atoms with Gasteiger partial charge < -0.3 is 4.90 Å². The SMILES string of the molecule is Cc1ccccc1N(C=CC1=C(c2ccccc2)c2cc3c(cc2C1(C)C)-c1ccccc1C3(C)C)c1ccccc1C. The maximum atomic E-state index is 2.51. The molecule has 0 spiro atoms. The van der Waals surface area contributed by atoms with E-state index in [4.69, 9.17) is 0 Å². The number of aryl methyl sites for hydroxylation is 2. The maximum absolute atomic E-state index is 2.51. The average Bonchev–Trinajstić information content (AvgIpc) is 3.37. The van der Waals surface area contributed by atoms with Crippen molar-refractivity contribution < 1.29 is 0 Å². The van der Waals surface area contributed by atoms with Crippen LogP contribution >= 0.6 is 0 Å². The summed E-state index contributed by atoms with van der Waals surface area (Å²) in [5.74, 6) is 0. The molecule has 0 saturated carbocycles. The van der Waals surface area contributed by atoms with E-state index < -0.39 is 0 Å². The second-order valence-corrected chi connectivity index (χ2v) is 13.2. The van der Waals surface area contributed by atoms with Crippen LogP contribution in [-0.2, 0) is 10.8 Å². The van der Waals surface area contributed by atoms with Crippen molar-refractivity contribution in [2.24, 2.45) is 0 Å². The number of para-hydroxylation sites is 2. The molecule has 0 amide bonds. The van der Waals surface area contributed by atoms with E-state index in [1.54, 1.807) is 0 Å². The van der Waals surface area contributed by atoms with Crippen LogP contribution in [0.25, 0.3) is 16.7 Å². The second-order valence-electron chi connectivity index (χ2n) is 13.2. The van der Waals surface area contributed by atoms with E-state index in [1.807, 2.05) is 0 Å². The molecule has 0 aliphatic heterocycles. The summed E-state index contributed by atoms with van der Waals surface area (Å²) < 4.78 is 0. The highest BCUT2D eigenvalue weighted by atomic mass is 15.1. The number of rotatable bonds is 5. The third-order valence-electron chi connectivity index (χ3n) is 9.81. The van der Waals surface area contributed by atoms with Crippen molar-refractivity contribution in [2.45, 2.75) is 52.4 Å². The Morgan fingerprint density at radius 2 is 1.05 bits per heavy atom. The Morgan fingerprint density at radius 3 is 1.70 bits per heavy atom. The highest BCUT2D eigenvalue weighted by Gasteiger charge is 2.42. The smallest absolute Gasteiger partial charge is 0.0484 e. The lowest BCUT2D eigenvalue weighted by atomic mass is 9.78. The van der Waals surface area contributed by atoms with Gasteiger partial charge in [0.05, 0.1) is 0 Å². The summed E-state index contributed by atoms with van der Waals surface area (Å²) in [5, 5.41) is 0. The van der Waals surface area contributed by atoms with E-state index in [-0.39, 0.29) is 10.8 Å². The van der Waals surface area contributed by atoms with Crippen LogP contribution in [-0.4, -0.2) is 0 Å². The van der Waals surface area contributed by atoms with Crippen LogP contribution < -0.4 is 4.90 Å². The van der Waals surface area contributed by atoms with E-state index in [2.05, 4.69) is 174 Å². The molecule has 0 aromatic heterocycles. The summed E-state index contributed by atoms with van der Waals surface area (Å²) in [4.78, 5) is 2.36. The molecule has 212 valence electrons. The Morgan fingerprint density at radius 1 is 0.512 bits per heavy atom. The predicted molar refractivity (Wildman–Crippen MR) is 183 cm³/mol. The van der Waals surface area contributed by atoms with Crippen LogP contribution in [0.1, 0.15) is 66.6 Å². The van der Waals surface area contributed by atoms with Gasteiger partial charge in [0.25, 0.3) is 0 Å². The summed E-state index contributed by atoms with van der Waals surface area (Å²) in [5.41, 5.74) is 16.9. The van der Waals surface area contributed by atoms with Gasteiger partial charge in [-0.3, -0.25) is 0 Å². The van der Waals surface area contributed by atoms with Crippen molar-refractivity contribution in [3.63, 3.8) is 0 Å². The fourth-order valence-corrected chi connectivity index (χ4v) is 7.39. The molecule has 7 rings (SSSR count). The molecular weight excluding hydrogens is 518 g/mol. The van der Waals surface area contributed by atoms with Gasteiger partial charge in [0.2, 0.25) is 0 Å². The number of anilines is 2. The third kappa shape index (κ3) is 4.21. The molecular formula is C42H39N. The van der Waals surface area contributed by atoms with E-state index in [9.17, 15) is 0 Å². The second kappa shape index (κ2) is 9.99. The predicted octanol–water partition coefficient (Wildman–Crippen LogP) is 11.1. The van der Waals surface area contributed by atoms with E-state index in [0.717, 1.165) is 0 Å². The molecule has 43 heavy (non-hydrogen) atoms. The van der Waals surface area contributed by atoms with Crippen LogP contribution in [0.4, 0.5) is 11.4 Å². The monoisotopic (exact) mass is 557 g/mol. The number of hydrogen-bond acceptors (Lipinski definition) is 1. The molecule has 0 unspecified atom stereocenters. The van der Waals surface area contributed by atoms with Crippen molar-refractivity contribution in [1.29, 1.82) is 0 Å². The lowest BCUT2D eigenvalue weighted by molar-refractivity contribution is 0.646. The molecule has 1 heteroatoms. The van der Waals surface area contributed by atoms with Crippen LogP contribution in [0.3, 0.4) is 0 Å². The molecule has 0 fully saturated rings. The minimum Gasteiger partial charge on any atom is -0.317 e. The van der Waals surface area contributed by atoms with Gasteiger partial charge >= 0.3 is 0 Å². The standard InChI is InChI=1S/C42H39N/c1-28-16-10-14-22-38(28)43(39-23-15-11-17-29(39)2)25-24-35-40(30-18-8-7-9-19-30)33-27-36-32(26-37(33)42(35,5)6)31-20-12-13-21-34(31)41(36,3)4/h7-27H,1-6H3. The zero-order valence-corrected chi connectivity index (χ0v) is 26.1. The summed E-state index contributed by atoms with van der Waals surface area (Å²) in [6.07, 6.45) is 4.68. The minimum atomic E-state index is -0.184. The fraction of sp³-hybridized carbons (Fsp3) is 0.190. The van der Waals surface area contributed by atoms with Crippen molar-refractivity contribution in [3.8, 4) is 11.1 Å². The molecule has 5 aromatic carbocycles. The third-order valence-corrected chi connectivity index (χ3v) is 9.81. The molecule has 0 saturated heterocycles. The van der Waals surface area contributed by atoms with E-state index >= 15 is 0 Å². The molecule has 0 radical (unpaired) electrons. The van der Waals surface area contributed by atoms with E-state index in [1.165, 1.54) is 72.6 Å². The van der Waals surface area contributed by atoms with Gasteiger partial charge in [0.15, 0.2) is 0 Å². The van der Waals surface area contributed by atoms with Crippen molar-refractivity contribution in [1.82, 2.24) is 0 Å². The normalized spacial score (nSPS) is 15.9. The maximum Gasteiger partial charge on any atom is 0.0484 e. The van der Waals surface area contributed by atoms with Crippen LogP contribution in [0.15, 0.2) is 133 Å². The van der Waals surface area contributed by atoms with Gasteiger partial charge in [-0.2, -0.15) is 0 Å². The number of hydrogen-bond donors (Lipinski definition) is 0. The lowest BCUT2D eigenvalue weighted by Crippen LogP contribution is -2.18. The van der Waals surface area contributed by atoms with Gasteiger partial charge in [-0.1, -0.05) is 119 Å². The Bertz CT molecular complexity index is 1890. The first-order valence-corrected chi connectivity index (χ1v) is 15.4. The molecule has 5 aromatic rings. The number of fused-ring (bicyclic) bond motifs is 4. The van der Waals surface area contributed by atoms with Crippen molar-refractivity contribution in [2.75, 3.05) is 4.90 Å². The molecule has 0 heterocycles. The Balaban J connectivity index is 1.45. The molecule has 0 bridgehead atoms. The zero-order valence-electron chi connectivity index (χ0n) is 26.1. The largest absolute Gasteiger partial charge is 0.317 e. The first-order chi connectivity index (χ1) is 20.7. The fourth-order valence-electron chi connectivity index (χ4n) is 7.39. The number of benzene rings is 5. The van der Waals surface area contributed by atoms with Crippen LogP contribution in [0.2, 0.25) is 0 Å². The summed E-state index contributed by atoms with van der Waals surface area (Å²) >= 11 is 0. The first kappa shape index (κ1) is 27.2. The van der Waals surface area contributed by atoms with Gasteiger partial charge in [0, 0.05) is 28.4 Å². The van der Waals surface area contributed by atoms with Gasteiger partial charge in [-0.15, -0.1) is 0 Å². The molecule has 1 nitrogen and oxygen atoms in total. The molecule has 2 aliphatic rings. The quantitative estimate of drug-likeness (QED) is 0.208. The zero-order chi connectivity index (χ0) is 29.9. The van der Waals surface area contributed by atoms with Gasteiger partial charge in [-0.05, 0) is 105 Å². The van der Waals surface area contributed by atoms with Crippen molar-refractivity contribution >= 4 is 16.9 Å². The summed E-state index contributed by atoms with van der Waals surface area (Å²) in [6, 6.07) is 42.3. The molecule has 0 atom stereocenters. The first-order valence-electron chi connectivity index (χ1n) is 15.4. The Kier molecular flexibility index (Phi) is 6.32. The number of nitrogens with zero attached hydrogens (tertiary/aromatic N) is 1. The highest BCUT2D eigenvalue weighted by Crippen LogP contribution is 2.56. The lowest BCUT2D eigenvalue weighted by Gasteiger charge is -2.27. The number of allylic oxidation sites excluding steroid dienone is 2. The van der Waals surface area contributed by atoms with E-state index in [0.29, 0.717) is 0 Å². The highest BCUT2D eigenvalue weighted by molar-refractivity contribution is 5.95. The molecule has 2 aliphatic carbocycles. The Hall–Kier alpha value is -4.62.